The van der Waals surface area contributed by atoms with Crippen LogP contribution in [0.3, 0.4) is 0 Å². The van der Waals surface area contributed by atoms with Crippen LogP contribution in [0.1, 0.15) is 25.0 Å². The maximum atomic E-state index is 12.9. The molecule has 1 heterocycles. The molecule has 98 valence electrons. The first-order chi connectivity index (χ1) is 8.13. The van der Waals surface area contributed by atoms with Gasteiger partial charge in [-0.3, -0.25) is 0 Å². The number of anilines is 2. The summed E-state index contributed by atoms with van der Waals surface area (Å²) in [4.78, 5) is 0.353. The van der Waals surface area contributed by atoms with Crippen molar-refractivity contribution < 1.29 is 13.2 Å². The van der Waals surface area contributed by atoms with Crippen molar-refractivity contribution in [3.05, 3.63) is 23.3 Å². The Hall–Kier alpha value is -1.30. The van der Waals surface area contributed by atoms with Gasteiger partial charge in [0.15, 0.2) is 0 Å². The summed E-state index contributed by atoms with van der Waals surface area (Å²) in [5, 5.41) is 5.78. The Kier molecular flexibility index (Phi) is 2.81. The van der Waals surface area contributed by atoms with Gasteiger partial charge in [0, 0.05) is 0 Å². The minimum Gasteiger partial charge on any atom is -0.372 e. The molecule has 0 fully saturated rings. The molecular weight excluding hydrogens is 261 g/mol. The van der Waals surface area contributed by atoms with Crippen LogP contribution in [-0.2, 0) is 6.18 Å². The smallest absolute Gasteiger partial charge is 0.372 e. The predicted octanol–water partition coefficient (Wildman–Crippen LogP) is 3.96. The van der Waals surface area contributed by atoms with Crippen molar-refractivity contribution in [2.45, 2.75) is 32.5 Å². The van der Waals surface area contributed by atoms with Crippen LogP contribution in [0.2, 0.25) is 0 Å². The van der Waals surface area contributed by atoms with Gasteiger partial charge in [0.25, 0.3) is 0 Å². The highest BCUT2D eigenvalue weighted by atomic mass is 32.1. The van der Waals surface area contributed by atoms with Gasteiger partial charge < -0.3 is 10.6 Å². The molecule has 2 N–H and O–H groups in total. The molecule has 0 saturated heterocycles. The Labute approximate surface area is 109 Å². The number of benzene rings is 1. The van der Waals surface area contributed by atoms with Crippen LogP contribution < -0.4 is 10.6 Å². The number of hydrogen-bond donors (Lipinski definition) is 2. The second-order valence-corrected chi connectivity index (χ2v) is 5.29. The lowest BCUT2D eigenvalue weighted by Crippen LogP contribution is -2.47. The van der Waals surface area contributed by atoms with Crippen LogP contribution in [0.15, 0.2) is 12.1 Å². The first kappa shape index (κ1) is 13.1. The van der Waals surface area contributed by atoms with E-state index in [1.807, 2.05) is 13.8 Å². The monoisotopic (exact) mass is 274 g/mol. The van der Waals surface area contributed by atoms with Gasteiger partial charge in [0.2, 0.25) is 0 Å². The van der Waals surface area contributed by atoms with E-state index in [-0.39, 0.29) is 5.69 Å². The van der Waals surface area contributed by atoms with Gasteiger partial charge in [-0.25, -0.2) is 0 Å². The fourth-order valence-corrected chi connectivity index (χ4v) is 2.03. The lowest BCUT2D eigenvalue weighted by Gasteiger charge is -2.37. The van der Waals surface area contributed by atoms with Gasteiger partial charge >= 0.3 is 6.18 Å². The number of rotatable bonds is 0. The molecule has 18 heavy (non-hydrogen) atoms. The number of nitrogens with one attached hydrogen (secondary N) is 2. The van der Waals surface area contributed by atoms with Crippen molar-refractivity contribution in [1.29, 1.82) is 0 Å². The minimum absolute atomic E-state index is 0.0202. The third kappa shape index (κ3) is 2.05. The fraction of sp³-hybridized carbons (Fsp3) is 0.417. The maximum absolute atomic E-state index is 12.9. The lowest BCUT2D eigenvalue weighted by atomic mass is 9.96. The van der Waals surface area contributed by atoms with Crippen molar-refractivity contribution in [1.82, 2.24) is 0 Å². The first-order valence-electron chi connectivity index (χ1n) is 5.43. The summed E-state index contributed by atoms with van der Waals surface area (Å²) in [6, 6.07) is 2.53. The molecule has 0 atom stereocenters. The quantitative estimate of drug-likeness (QED) is 0.700. The molecule has 1 aromatic rings. The van der Waals surface area contributed by atoms with Gasteiger partial charge in [-0.05, 0) is 32.4 Å². The molecule has 0 spiro atoms. The summed E-state index contributed by atoms with van der Waals surface area (Å²) in [7, 11) is 0. The molecule has 0 radical (unpaired) electrons. The van der Waals surface area contributed by atoms with Crippen molar-refractivity contribution >= 4 is 28.6 Å². The van der Waals surface area contributed by atoms with Crippen molar-refractivity contribution in [3.63, 3.8) is 0 Å². The number of hydrogen-bond acceptors (Lipinski definition) is 2. The normalized spacial score (nSPS) is 17.8. The molecule has 1 aliphatic rings. The zero-order valence-electron chi connectivity index (χ0n) is 10.2. The Morgan fingerprint density at radius 2 is 1.78 bits per heavy atom. The van der Waals surface area contributed by atoms with Crippen LogP contribution in [-0.4, -0.2) is 10.5 Å². The molecule has 6 heteroatoms. The van der Waals surface area contributed by atoms with Crippen molar-refractivity contribution in [3.8, 4) is 0 Å². The highest BCUT2D eigenvalue weighted by Crippen LogP contribution is 2.43. The Balaban J connectivity index is 2.64. The summed E-state index contributed by atoms with van der Waals surface area (Å²) >= 11 is 5.10. The van der Waals surface area contributed by atoms with Crippen LogP contribution >= 0.6 is 12.2 Å². The first-order valence-corrected chi connectivity index (χ1v) is 5.84. The van der Waals surface area contributed by atoms with Gasteiger partial charge in [-0.15, -0.1) is 0 Å². The summed E-state index contributed by atoms with van der Waals surface area (Å²) in [5.41, 5.74) is -0.0260. The molecule has 0 amide bonds. The average molecular weight is 274 g/mol. The van der Waals surface area contributed by atoms with Crippen molar-refractivity contribution in [2.75, 3.05) is 10.6 Å². The highest BCUT2D eigenvalue weighted by Gasteiger charge is 2.39. The van der Waals surface area contributed by atoms with E-state index in [1.54, 1.807) is 6.92 Å². The molecular formula is C12H13F3N2S. The number of alkyl halides is 3. The molecule has 1 aromatic carbocycles. The predicted molar refractivity (Wildman–Crippen MR) is 70.1 cm³/mol. The summed E-state index contributed by atoms with van der Waals surface area (Å²) in [6.07, 6.45) is -4.40. The van der Waals surface area contributed by atoms with Gasteiger partial charge in [-0.1, -0.05) is 18.3 Å². The van der Waals surface area contributed by atoms with Gasteiger partial charge in [-0.2, -0.15) is 13.2 Å². The van der Waals surface area contributed by atoms with Crippen molar-refractivity contribution in [2.24, 2.45) is 0 Å². The molecule has 2 rings (SSSR count). The molecule has 0 saturated carbocycles. The summed E-state index contributed by atoms with van der Waals surface area (Å²) < 4.78 is 38.7. The second kappa shape index (κ2) is 3.85. The molecule has 0 aliphatic carbocycles. The molecule has 1 aliphatic heterocycles. The summed E-state index contributed by atoms with van der Waals surface area (Å²) in [5.74, 6) is 0. The third-order valence-corrected chi connectivity index (χ3v) is 3.58. The highest BCUT2D eigenvalue weighted by molar-refractivity contribution is 7.80. The van der Waals surface area contributed by atoms with Gasteiger partial charge in [0.1, 0.15) is 4.99 Å². The van der Waals surface area contributed by atoms with Crippen LogP contribution in [0.5, 0.6) is 0 Å². The molecule has 0 bridgehead atoms. The Morgan fingerprint density at radius 3 is 2.33 bits per heavy atom. The number of thiocarbonyl (C=S) groups is 1. The standard InChI is InChI=1S/C12H13F3N2S/c1-6-4-5-7(12(13,14)15)9-8(6)17-11(2,3)10(18)16-9/h4-5,17H,1-3H3,(H,16,18). The Bertz CT molecular complexity index is 521. The van der Waals surface area contributed by atoms with E-state index < -0.39 is 17.3 Å². The molecule has 2 nitrogen and oxygen atoms in total. The van der Waals surface area contributed by atoms with E-state index in [9.17, 15) is 13.2 Å². The van der Waals surface area contributed by atoms with Crippen LogP contribution in [0.4, 0.5) is 24.5 Å². The topological polar surface area (TPSA) is 24.1 Å². The van der Waals surface area contributed by atoms with E-state index in [0.29, 0.717) is 10.7 Å². The van der Waals surface area contributed by atoms with Crippen LogP contribution in [0.25, 0.3) is 0 Å². The second-order valence-electron chi connectivity index (χ2n) is 4.88. The summed E-state index contributed by atoms with van der Waals surface area (Å²) in [6.45, 7) is 5.41. The van der Waals surface area contributed by atoms with Crippen LogP contribution in [0, 0.1) is 6.92 Å². The molecule has 0 aromatic heterocycles. The van der Waals surface area contributed by atoms with E-state index in [1.165, 1.54) is 6.07 Å². The average Bonchev–Trinajstić information content (AvgIpc) is 2.19. The Morgan fingerprint density at radius 1 is 1.17 bits per heavy atom. The zero-order valence-corrected chi connectivity index (χ0v) is 11.0. The van der Waals surface area contributed by atoms with E-state index in [4.69, 9.17) is 12.2 Å². The zero-order chi connectivity index (χ0) is 13.7. The SMILES string of the molecule is Cc1ccc(C(F)(F)F)c2c1NC(C)(C)C(=S)N2. The molecule has 0 unspecified atom stereocenters. The number of halogens is 3. The lowest BCUT2D eigenvalue weighted by molar-refractivity contribution is -0.136. The maximum Gasteiger partial charge on any atom is 0.418 e. The van der Waals surface area contributed by atoms with E-state index in [0.717, 1.165) is 11.6 Å². The van der Waals surface area contributed by atoms with E-state index in [2.05, 4.69) is 10.6 Å². The van der Waals surface area contributed by atoms with Gasteiger partial charge in [0.05, 0.1) is 22.5 Å². The fourth-order valence-electron chi connectivity index (χ4n) is 1.87. The minimum atomic E-state index is -4.40. The van der Waals surface area contributed by atoms with E-state index >= 15 is 0 Å². The number of fused-ring (bicyclic) bond motifs is 1. The largest absolute Gasteiger partial charge is 0.418 e. The third-order valence-electron chi connectivity index (χ3n) is 2.96. The number of aryl methyl sites for hydroxylation is 1.